The van der Waals surface area contributed by atoms with Crippen LogP contribution in [0.15, 0.2) is 47.6 Å². The zero-order valence-corrected chi connectivity index (χ0v) is 15.9. The van der Waals surface area contributed by atoms with E-state index in [0.29, 0.717) is 22.8 Å². The average molecular weight is 409 g/mol. The number of carbonyl (C=O) groups excluding carboxylic acids is 2. The summed E-state index contributed by atoms with van der Waals surface area (Å²) in [5.41, 5.74) is -0.0407. The van der Waals surface area contributed by atoms with Crippen LogP contribution in [0.2, 0.25) is 0 Å². The van der Waals surface area contributed by atoms with Gasteiger partial charge in [-0.1, -0.05) is 5.16 Å². The Balaban J connectivity index is 1.56. The number of amides is 2. The van der Waals surface area contributed by atoms with Crippen molar-refractivity contribution in [2.75, 3.05) is 18.6 Å². The lowest BCUT2D eigenvalue weighted by Crippen LogP contribution is -2.40. The molecule has 30 heavy (non-hydrogen) atoms. The molecule has 0 radical (unpaired) electrons. The van der Waals surface area contributed by atoms with E-state index in [4.69, 9.17) is 19.6 Å². The largest absolute Gasteiger partial charge is 0.493 e. The Morgan fingerprint density at radius 3 is 2.67 bits per heavy atom. The summed E-state index contributed by atoms with van der Waals surface area (Å²) in [5.74, 6) is -0.661. The summed E-state index contributed by atoms with van der Waals surface area (Å²) < 4.78 is 23.8. The number of halogens is 1. The highest BCUT2D eigenvalue weighted by atomic mass is 19.1. The van der Waals surface area contributed by atoms with Gasteiger partial charge in [0.15, 0.2) is 18.1 Å². The van der Waals surface area contributed by atoms with Crippen molar-refractivity contribution >= 4 is 23.2 Å². The van der Waals surface area contributed by atoms with Crippen molar-refractivity contribution in [3.63, 3.8) is 0 Å². The highest BCUT2D eigenvalue weighted by molar-refractivity contribution is 6.25. The van der Waals surface area contributed by atoms with Gasteiger partial charge in [0.05, 0.1) is 24.9 Å². The number of methoxy groups -OCH3 is 1. The molecule has 1 atom stereocenters. The molecule has 0 aromatic heterocycles. The number of imide groups is 1. The van der Waals surface area contributed by atoms with Crippen LogP contribution in [0.5, 0.6) is 11.5 Å². The summed E-state index contributed by atoms with van der Waals surface area (Å²) in [6.07, 6.45) is -0.0759. The maximum absolute atomic E-state index is 13.2. The fourth-order valence-electron chi connectivity index (χ4n) is 3.49. The van der Waals surface area contributed by atoms with E-state index in [9.17, 15) is 14.0 Å². The van der Waals surface area contributed by atoms with Crippen LogP contribution >= 0.6 is 0 Å². The molecule has 4 rings (SSSR count). The molecule has 2 aliphatic rings. The predicted molar refractivity (Wildman–Crippen MR) is 103 cm³/mol. The molecule has 9 heteroatoms. The van der Waals surface area contributed by atoms with Gasteiger partial charge in [0.25, 0.3) is 5.91 Å². The molecular weight excluding hydrogens is 393 g/mol. The fourth-order valence-corrected chi connectivity index (χ4v) is 3.49. The van der Waals surface area contributed by atoms with Gasteiger partial charge in [-0.05, 0) is 42.5 Å². The van der Waals surface area contributed by atoms with E-state index >= 15 is 0 Å². The first kappa shape index (κ1) is 19.4. The van der Waals surface area contributed by atoms with Crippen molar-refractivity contribution in [1.82, 2.24) is 0 Å². The quantitative estimate of drug-likeness (QED) is 0.704. The van der Waals surface area contributed by atoms with Crippen LogP contribution in [0.3, 0.4) is 0 Å². The van der Waals surface area contributed by atoms with Gasteiger partial charge in [0, 0.05) is 12.0 Å². The molecule has 2 heterocycles. The number of nitriles is 1. The SMILES string of the molecule is COc1cc(C2=NO[C@@]3(CC(=O)N(c4ccc(F)cc4)C3=O)C2)ccc1OCC#N. The van der Waals surface area contributed by atoms with Crippen molar-refractivity contribution in [2.24, 2.45) is 5.16 Å². The number of rotatable bonds is 5. The Morgan fingerprint density at radius 1 is 1.20 bits per heavy atom. The molecule has 152 valence electrons. The Morgan fingerprint density at radius 2 is 1.97 bits per heavy atom. The number of hydrogen-bond acceptors (Lipinski definition) is 7. The number of anilines is 1. The lowest BCUT2D eigenvalue weighted by molar-refractivity contribution is -0.136. The van der Waals surface area contributed by atoms with E-state index < -0.39 is 23.2 Å². The Kier molecular flexibility index (Phi) is 4.83. The van der Waals surface area contributed by atoms with Gasteiger partial charge < -0.3 is 14.3 Å². The molecule has 1 spiro atoms. The van der Waals surface area contributed by atoms with Crippen LogP contribution in [-0.4, -0.2) is 36.8 Å². The third-order valence-corrected chi connectivity index (χ3v) is 4.94. The standard InChI is InChI=1S/C21H16FN3O5/c1-28-18-10-13(2-7-17(18)29-9-8-23)16-11-21(30-24-16)12-19(26)25(20(21)27)15-5-3-14(22)4-6-15/h2-7,10H,9,11-12H2,1H3/t21-/m1/s1. The highest BCUT2D eigenvalue weighted by Gasteiger charge is 2.58. The van der Waals surface area contributed by atoms with Gasteiger partial charge in [-0.25, -0.2) is 9.29 Å². The van der Waals surface area contributed by atoms with Gasteiger partial charge in [-0.2, -0.15) is 5.26 Å². The van der Waals surface area contributed by atoms with Crippen LogP contribution < -0.4 is 14.4 Å². The second-order valence-corrected chi connectivity index (χ2v) is 6.80. The predicted octanol–water partition coefficient (Wildman–Crippen LogP) is 2.56. The minimum atomic E-state index is -1.43. The van der Waals surface area contributed by atoms with E-state index in [2.05, 4.69) is 5.16 Å². The van der Waals surface area contributed by atoms with Crippen molar-refractivity contribution in [2.45, 2.75) is 18.4 Å². The Hall–Kier alpha value is -3.93. The number of oxime groups is 1. The Bertz CT molecular complexity index is 1090. The number of benzene rings is 2. The Labute approximate surface area is 171 Å². The van der Waals surface area contributed by atoms with Gasteiger partial charge in [0.1, 0.15) is 11.9 Å². The summed E-state index contributed by atoms with van der Waals surface area (Å²) in [7, 11) is 1.46. The topological polar surface area (TPSA) is 101 Å². The molecule has 1 fully saturated rings. The molecule has 0 saturated carbocycles. The number of nitrogens with zero attached hydrogens (tertiary/aromatic N) is 3. The number of carbonyl (C=O) groups is 2. The first-order valence-corrected chi connectivity index (χ1v) is 9.03. The van der Waals surface area contributed by atoms with Crippen LogP contribution in [0, 0.1) is 17.1 Å². The monoisotopic (exact) mass is 409 g/mol. The maximum Gasteiger partial charge on any atom is 0.281 e. The second kappa shape index (κ2) is 7.48. The minimum Gasteiger partial charge on any atom is -0.493 e. The molecule has 2 amide bonds. The molecule has 0 unspecified atom stereocenters. The molecule has 2 aromatic rings. The van der Waals surface area contributed by atoms with Gasteiger partial charge >= 0.3 is 0 Å². The van der Waals surface area contributed by atoms with Crippen LogP contribution in [0.4, 0.5) is 10.1 Å². The minimum absolute atomic E-state index is 0.0941. The average Bonchev–Trinajstić information content (AvgIpc) is 3.28. The van der Waals surface area contributed by atoms with E-state index in [0.717, 1.165) is 4.90 Å². The zero-order chi connectivity index (χ0) is 21.3. The number of ether oxygens (including phenoxy) is 2. The van der Waals surface area contributed by atoms with Crippen LogP contribution in [-0.2, 0) is 14.4 Å². The third-order valence-electron chi connectivity index (χ3n) is 4.94. The molecule has 2 aliphatic heterocycles. The van der Waals surface area contributed by atoms with E-state index in [1.807, 2.05) is 6.07 Å². The summed E-state index contributed by atoms with van der Waals surface area (Å²) in [5, 5.41) is 12.7. The molecule has 8 nitrogen and oxygen atoms in total. The second-order valence-electron chi connectivity index (χ2n) is 6.80. The normalized spacial score (nSPS) is 20.2. The van der Waals surface area contributed by atoms with Crippen molar-refractivity contribution < 1.29 is 28.3 Å². The zero-order valence-electron chi connectivity index (χ0n) is 15.9. The van der Waals surface area contributed by atoms with Crippen LogP contribution in [0.1, 0.15) is 18.4 Å². The van der Waals surface area contributed by atoms with Crippen molar-refractivity contribution in [1.29, 1.82) is 5.26 Å². The lowest BCUT2D eigenvalue weighted by atomic mass is 9.92. The van der Waals surface area contributed by atoms with Gasteiger partial charge in [-0.15, -0.1) is 0 Å². The lowest BCUT2D eigenvalue weighted by Gasteiger charge is -2.19. The van der Waals surface area contributed by atoms with Gasteiger partial charge in [0.2, 0.25) is 11.5 Å². The summed E-state index contributed by atoms with van der Waals surface area (Å²) >= 11 is 0. The van der Waals surface area contributed by atoms with E-state index in [1.165, 1.54) is 31.4 Å². The fraction of sp³-hybridized carbons (Fsp3) is 0.238. The maximum atomic E-state index is 13.2. The molecule has 0 bridgehead atoms. The summed E-state index contributed by atoms with van der Waals surface area (Å²) in [6.45, 7) is -0.126. The summed E-state index contributed by atoms with van der Waals surface area (Å²) in [6, 6.07) is 12.0. The third kappa shape index (κ3) is 3.22. The molecule has 1 saturated heterocycles. The highest BCUT2D eigenvalue weighted by Crippen LogP contribution is 2.40. The molecule has 2 aromatic carbocycles. The van der Waals surface area contributed by atoms with Crippen molar-refractivity contribution in [3.05, 3.63) is 53.8 Å². The first-order valence-electron chi connectivity index (χ1n) is 9.03. The molecular formula is C21H16FN3O5. The van der Waals surface area contributed by atoms with Gasteiger partial charge in [-0.3, -0.25) is 9.59 Å². The smallest absolute Gasteiger partial charge is 0.281 e. The van der Waals surface area contributed by atoms with Crippen molar-refractivity contribution in [3.8, 4) is 17.6 Å². The van der Waals surface area contributed by atoms with Crippen LogP contribution in [0.25, 0.3) is 0 Å². The first-order chi connectivity index (χ1) is 14.5. The summed E-state index contributed by atoms with van der Waals surface area (Å²) in [4.78, 5) is 32.1. The van der Waals surface area contributed by atoms with E-state index in [1.54, 1.807) is 18.2 Å². The molecule has 0 N–H and O–H groups in total. The molecule has 0 aliphatic carbocycles. The number of hydrogen-bond donors (Lipinski definition) is 0. The van der Waals surface area contributed by atoms with E-state index in [-0.39, 0.29) is 25.1 Å².